The summed E-state index contributed by atoms with van der Waals surface area (Å²) < 4.78 is 0. The molecule has 0 aromatic rings. The van der Waals surface area contributed by atoms with Crippen LogP contribution in [0.4, 0.5) is 0 Å². The number of nitrogens with one attached hydrogen (secondary N) is 1. The highest BCUT2D eigenvalue weighted by molar-refractivity contribution is 5.76. The van der Waals surface area contributed by atoms with Crippen molar-refractivity contribution in [3.63, 3.8) is 0 Å². The number of aliphatic hydroxyl groups excluding tert-OH is 2. The second-order valence-corrected chi connectivity index (χ2v) is 19.7. The van der Waals surface area contributed by atoms with Gasteiger partial charge >= 0.3 is 0 Å². The van der Waals surface area contributed by atoms with E-state index in [1.165, 1.54) is 283 Å². The molecule has 2 unspecified atom stereocenters. The molecule has 0 aromatic carbocycles. The van der Waals surface area contributed by atoms with Gasteiger partial charge in [-0.15, -0.1) is 0 Å². The zero-order valence-electron chi connectivity index (χ0n) is 41.5. The van der Waals surface area contributed by atoms with E-state index in [-0.39, 0.29) is 12.5 Å². The average molecular weight is 849 g/mol. The number of amides is 1. The molecule has 0 saturated heterocycles. The maximum atomic E-state index is 12.5. The van der Waals surface area contributed by atoms with Gasteiger partial charge in [0.2, 0.25) is 5.91 Å². The van der Waals surface area contributed by atoms with Gasteiger partial charge < -0.3 is 15.5 Å². The number of carbonyl (C=O) groups excluding carboxylic acids is 1. The predicted molar refractivity (Wildman–Crippen MR) is 267 cm³/mol. The predicted octanol–water partition coefficient (Wildman–Crippen LogP) is 18.4. The van der Waals surface area contributed by atoms with Gasteiger partial charge in [0, 0.05) is 6.42 Å². The highest BCUT2D eigenvalue weighted by Gasteiger charge is 2.20. The summed E-state index contributed by atoms with van der Waals surface area (Å²) in [5.74, 6) is -0.0220. The van der Waals surface area contributed by atoms with Gasteiger partial charge in [-0.25, -0.2) is 0 Å². The van der Waals surface area contributed by atoms with Crippen molar-refractivity contribution in [3.05, 3.63) is 0 Å². The molecular formula is C56H113NO3. The summed E-state index contributed by atoms with van der Waals surface area (Å²) in [6, 6.07) is -0.531. The molecule has 0 heterocycles. The molecule has 0 fully saturated rings. The molecule has 0 aliphatic heterocycles. The molecule has 0 spiro atoms. The van der Waals surface area contributed by atoms with E-state index in [9.17, 15) is 15.0 Å². The Morgan fingerprint density at radius 3 is 0.750 bits per heavy atom. The Labute approximate surface area is 378 Å². The second-order valence-electron chi connectivity index (χ2n) is 19.7. The van der Waals surface area contributed by atoms with E-state index in [0.717, 1.165) is 25.7 Å². The van der Waals surface area contributed by atoms with E-state index in [1.54, 1.807) is 0 Å². The van der Waals surface area contributed by atoms with Gasteiger partial charge in [0.1, 0.15) is 0 Å². The molecule has 2 atom stereocenters. The molecule has 0 rings (SSSR count). The number of rotatable bonds is 53. The Hall–Kier alpha value is -0.610. The zero-order valence-corrected chi connectivity index (χ0v) is 41.5. The van der Waals surface area contributed by atoms with Gasteiger partial charge in [-0.2, -0.15) is 0 Å². The largest absolute Gasteiger partial charge is 0.394 e. The monoisotopic (exact) mass is 848 g/mol. The quantitative estimate of drug-likeness (QED) is 0.0534. The highest BCUT2D eigenvalue weighted by Crippen LogP contribution is 2.18. The van der Waals surface area contributed by atoms with Crippen LogP contribution in [0.25, 0.3) is 0 Å². The Morgan fingerprint density at radius 1 is 0.333 bits per heavy atom. The Balaban J connectivity index is 3.38. The standard InChI is InChI=1S/C56H113NO3/c1-3-5-7-9-11-13-15-17-19-21-23-24-25-26-27-28-29-30-31-32-34-36-38-40-42-44-46-48-50-52-56(60)57-54(53-58)55(59)51-49-47-45-43-41-39-37-35-33-22-20-18-16-14-12-10-8-6-4-2/h54-55,58-59H,3-53H2,1-2H3,(H,57,60). The van der Waals surface area contributed by atoms with Crippen molar-refractivity contribution in [1.29, 1.82) is 0 Å². The molecule has 4 heteroatoms. The molecular weight excluding hydrogens is 735 g/mol. The zero-order chi connectivity index (χ0) is 43.5. The number of carbonyl (C=O) groups is 1. The number of unbranched alkanes of at least 4 members (excludes halogenated alkanes) is 46. The smallest absolute Gasteiger partial charge is 0.220 e. The van der Waals surface area contributed by atoms with Gasteiger partial charge in [0.15, 0.2) is 0 Å². The molecule has 0 aliphatic rings. The highest BCUT2D eigenvalue weighted by atomic mass is 16.3. The van der Waals surface area contributed by atoms with Gasteiger partial charge in [-0.05, 0) is 12.8 Å². The van der Waals surface area contributed by atoms with Crippen LogP contribution < -0.4 is 5.32 Å². The van der Waals surface area contributed by atoms with Crippen LogP contribution in [0.15, 0.2) is 0 Å². The molecule has 0 bridgehead atoms. The van der Waals surface area contributed by atoms with Crippen LogP contribution in [0.1, 0.15) is 335 Å². The van der Waals surface area contributed by atoms with Crippen molar-refractivity contribution in [1.82, 2.24) is 5.32 Å². The van der Waals surface area contributed by atoms with E-state index in [0.29, 0.717) is 12.8 Å². The number of hydrogen-bond acceptors (Lipinski definition) is 3. The first-order chi connectivity index (χ1) is 29.7. The summed E-state index contributed by atoms with van der Waals surface area (Å²) in [5.41, 5.74) is 0. The first-order valence-electron chi connectivity index (χ1n) is 28.2. The summed E-state index contributed by atoms with van der Waals surface area (Å²) in [5, 5.41) is 23.3. The fourth-order valence-electron chi connectivity index (χ4n) is 9.31. The summed E-state index contributed by atoms with van der Waals surface area (Å²) in [7, 11) is 0. The lowest BCUT2D eigenvalue weighted by atomic mass is 10.0. The van der Waals surface area contributed by atoms with Crippen molar-refractivity contribution in [2.75, 3.05) is 6.61 Å². The Morgan fingerprint density at radius 2 is 0.533 bits per heavy atom. The topological polar surface area (TPSA) is 69.6 Å². The van der Waals surface area contributed by atoms with Crippen molar-refractivity contribution in [3.8, 4) is 0 Å². The van der Waals surface area contributed by atoms with E-state index in [4.69, 9.17) is 0 Å². The minimum atomic E-state index is -0.654. The van der Waals surface area contributed by atoms with E-state index in [2.05, 4.69) is 19.2 Å². The van der Waals surface area contributed by atoms with Gasteiger partial charge in [0.05, 0.1) is 18.8 Å². The van der Waals surface area contributed by atoms with Gasteiger partial charge in [-0.3, -0.25) is 4.79 Å². The normalized spacial score (nSPS) is 12.7. The van der Waals surface area contributed by atoms with Crippen LogP contribution in [-0.4, -0.2) is 34.9 Å². The average Bonchev–Trinajstić information content (AvgIpc) is 3.25. The van der Waals surface area contributed by atoms with Crippen molar-refractivity contribution in [2.24, 2.45) is 0 Å². The lowest BCUT2D eigenvalue weighted by Crippen LogP contribution is -2.45. The maximum Gasteiger partial charge on any atom is 0.220 e. The molecule has 4 nitrogen and oxygen atoms in total. The Bertz CT molecular complexity index is 788. The molecule has 1 amide bonds. The third-order valence-electron chi connectivity index (χ3n) is 13.6. The Kier molecular flexibility index (Phi) is 52.2. The van der Waals surface area contributed by atoms with Crippen molar-refractivity contribution < 1.29 is 15.0 Å². The fourth-order valence-corrected chi connectivity index (χ4v) is 9.31. The lowest BCUT2D eigenvalue weighted by Gasteiger charge is -2.22. The van der Waals surface area contributed by atoms with Crippen LogP contribution in [0, 0.1) is 0 Å². The van der Waals surface area contributed by atoms with Crippen LogP contribution in [-0.2, 0) is 4.79 Å². The van der Waals surface area contributed by atoms with E-state index in [1.807, 2.05) is 0 Å². The van der Waals surface area contributed by atoms with Crippen molar-refractivity contribution >= 4 is 5.91 Å². The summed E-state index contributed by atoms with van der Waals surface area (Å²) >= 11 is 0. The second kappa shape index (κ2) is 52.7. The minimum Gasteiger partial charge on any atom is -0.394 e. The third kappa shape index (κ3) is 48.4. The molecule has 60 heavy (non-hydrogen) atoms. The molecule has 0 radical (unpaired) electrons. The molecule has 0 saturated carbocycles. The fraction of sp³-hybridized carbons (Fsp3) is 0.982. The summed E-state index contributed by atoms with van der Waals surface area (Å²) in [6.07, 6.45) is 66.7. The molecule has 360 valence electrons. The van der Waals surface area contributed by atoms with Crippen LogP contribution >= 0.6 is 0 Å². The summed E-state index contributed by atoms with van der Waals surface area (Å²) in [4.78, 5) is 12.5. The number of aliphatic hydroxyl groups is 2. The first kappa shape index (κ1) is 59.4. The summed E-state index contributed by atoms with van der Waals surface area (Å²) in [6.45, 7) is 4.41. The number of hydrogen-bond donors (Lipinski definition) is 3. The van der Waals surface area contributed by atoms with Gasteiger partial charge in [-0.1, -0.05) is 316 Å². The van der Waals surface area contributed by atoms with E-state index >= 15 is 0 Å². The van der Waals surface area contributed by atoms with Gasteiger partial charge in [0.25, 0.3) is 0 Å². The van der Waals surface area contributed by atoms with Crippen molar-refractivity contribution in [2.45, 2.75) is 347 Å². The van der Waals surface area contributed by atoms with E-state index < -0.39 is 12.1 Å². The maximum absolute atomic E-state index is 12.5. The van der Waals surface area contributed by atoms with Crippen LogP contribution in [0.3, 0.4) is 0 Å². The minimum absolute atomic E-state index is 0.0220. The molecule has 0 aromatic heterocycles. The van der Waals surface area contributed by atoms with Crippen LogP contribution in [0.2, 0.25) is 0 Å². The first-order valence-corrected chi connectivity index (χ1v) is 28.2. The molecule has 0 aliphatic carbocycles. The third-order valence-corrected chi connectivity index (χ3v) is 13.6. The molecule has 3 N–H and O–H groups in total. The SMILES string of the molecule is CCCCCCCCCCCCCCCCCCCCCCCCCCCCCCCC(=O)NC(CO)C(O)CCCCCCCCCCCCCCCCCCCCC. The lowest BCUT2D eigenvalue weighted by molar-refractivity contribution is -0.123. The van der Waals surface area contributed by atoms with Crippen LogP contribution in [0.5, 0.6) is 0 Å².